The van der Waals surface area contributed by atoms with E-state index in [0.29, 0.717) is 28.8 Å². The third-order valence-electron chi connectivity index (χ3n) is 3.69. The van der Waals surface area contributed by atoms with E-state index >= 15 is 0 Å². The molecule has 0 saturated heterocycles. The number of carbonyl (C=O) groups excluding carboxylic acids is 1. The van der Waals surface area contributed by atoms with Crippen LogP contribution in [0, 0.1) is 0 Å². The molecule has 3 rings (SSSR count). The van der Waals surface area contributed by atoms with Crippen LogP contribution in [-0.4, -0.2) is 12.5 Å². The summed E-state index contributed by atoms with van der Waals surface area (Å²) in [5.74, 6) is 1.16. The fraction of sp³-hybridized carbons (Fsp3) is 0.0952. The molecule has 2 N–H and O–H groups in total. The van der Waals surface area contributed by atoms with Crippen LogP contribution in [0.4, 0.5) is 5.69 Å². The van der Waals surface area contributed by atoms with Crippen LogP contribution in [0.2, 0.25) is 5.02 Å². The highest BCUT2D eigenvalue weighted by Gasteiger charge is 2.08. The Morgan fingerprint density at radius 1 is 0.885 bits per heavy atom. The quantitative estimate of drug-likeness (QED) is 0.627. The first-order valence-corrected chi connectivity index (χ1v) is 8.66. The smallest absolute Gasteiger partial charge is 0.238 e. The van der Waals surface area contributed by atoms with E-state index in [1.54, 1.807) is 0 Å². The summed E-state index contributed by atoms with van der Waals surface area (Å²) < 4.78 is 5.85. The van der Waals surface area contributed by atoms with E-state index in [0.717, 1.165) is 5.56 Å². The minimum Gasteiger partial charge on any atom is -0.455 e. The number of benzene rings is 3. The second-order valence-corrected chi connectivity index (χ2v) is 6.06. The molecular weight excluding hydrogens is 348 g/mol. The normalized spacial score (nSPS) is 10.3. The van der Waals surface area contributed by atoms with E-state index < -0.39 is 0 Å². The highest BCUT2D eigenvalue weighted by molar-refractivity contribution is 6.31. The molecule has 132 valence electrons. The molecule has 0 aromatic heterocycles. The van der Waals surface area contributed by atoms with Gasteiger partial charge in [-0.25, -0.2) is 0 Å². The van der Waals surface area contributed by atoms with E-state index in [-0.39, 0.29) is 12.5 Å². The molecule has 0 spiro atoms. The standard InChI is InChI=1S/C21H19ClN2O2/c22-18-11-5-4-8-16(18)14-23-15-21(25)24-19-12-6-7-13-20(19)26-17-9-2-1-3-10-17/h1-13,23H,14-15H2,(H,24,25). The Hall–Kier alpha value is -2.82. The van der Waals surface area contributed by atoms with Crippen molar-refractivity contribution in [2.45, 2.75) is 6.54 Å². The van der Waals surface area contributed by atoms with Crippen molar-refractivity contribution in [3.05, 3.63) is 89.4 Å². The molecule has 0 unspecified atom stereocenters. The molecule has 0 heterocycles. The predicted octanol–water partition coefficient (Wildman–Crippen LogP) is 4.86. The van der Waals surface area contributed by atoms with Gasteiger partial charge in [-0.2, -0.15) is 0 Å². The number of halogens is 1. The van der Waals surface area contributed by atoms with Crippen molar-refractivity contribution in [1.29, 1.82) is 0 Å². The van der Waals surface area contributed by atoms with Crippen molar-refractivity contribution in [2.75, 3.05) is 11.9 Å². The molecule has 5 heteroatoms. The van der Waals surface area contributed by atoms with E-state index in [2.05, 4.69) is 10.6 Å². The lowest BCUT2D eigenvalue weighted by molar-refractivity contribution is -0.115. The molecule has 4 nitrogen and oxygen atoms in total. The zero-order valence-corrected chi connectivity index (χ0v) is 14.9. The number of anilines is 1. The predicted molar refractivity (Wildman–Crippen MR) is 105 cm³/mol. The monoisotopic (exact) mass is 366 g/mol. The van der Waals surface area contributed by atoms with Crippen LogP contribution in [0.3, 0.4) is 0 Å². The molecule has 0 aliphatic heterocycles. The van der Waals surface area contributed by atoms with E-state index in [1.165, 1.54) is 0 Å². The lowest BCUT2D eigenvalue weighted by Gasteiger charge is -2.12. The van der Waals surface area contributed by atoms with Crippen molar-refractivity contribution in [2.24, 2.45) is 0 Å². The third kappa shape index (κ3) is 5.09. The van der Waals surface area contributed by atoms with Gasteiger partial charge < -0.3 is 15.4 Å². The maximum absolute atomic E-state index is 12.2. The Morgan fingerprint density at radius 3 is 2.38 bits per heavy atom. The van der Waals surface area contributed by atoms with Gasteiger partial charge in [0.25, 0.3) is 0 Å². The maximum atomic E-state index is 12.2. The topological polar surface area (TPSA) is 50.4 Å². The van der Waals surface area contributed by atoms with Crippen molar-refractivity contribution in [3.63, 3.8) is 0 Å². The molecule has 0 radical (unpaired) electrons. The zero-order valence-electron chi connectivity index (χ0n) is 14.1. The molecular formula is C21H19ClN2O2. The fourth-order valence-corrected chi connectivity index (χ4v) is 2.62. The summed E-state index contributed by atoms with van der Waals surface area (Å²) in [4.78, 5) is 12.2. The van der Waals surface area contributed by atoms with Gasteiger partial charge in [0.15, 0.2) is 5.75 Å². The van der Waals surface area contributed by atoms with Gasteiger partial charge in [-0.05, 0) is 35.9 Å². The van der Waals surface area contributed by atoms with Crippen molar-refractivity contribution < 1.29 is 9.53 Å². The summed E-state index contributed by atoms with van der Waals surface area (Å²) in [6.07, 6.45) is 0. The molecule has 26 heavy (non-hydrogen) atoms. The van der Waals surface area contributed by atoms with Gasteiger partial charge in [-0.15, -0.1) is 0 Å². The highest BCUT2D eigenvalue weighted by Crippen LogP contribution is 2.28. The second-order valence-electron chi connectivity index (χ2n) is 5.65. The van der Waals surface area contributed by atoms with Gasteiger partial charge >= 0.3 is 0 Å². The summed E-state index contributed by atoms with van der Waals surface area (Å²) >= 11 is 6.11. The Morgan fingerprint density at radius 2 is 1.58 bits per heavy atom. The van der Waals surface area contributed by atoms with Crippen LogP contribution >= 0.6 is 11.6 Å². The summed E-state index contributed by atoms with van der Waals surface area (Å²) in [5.41, 5.74) is 1.58. The molecule has 1 amide bonds. The number of hydrogen-bond donors (Lipinski definition) is 2. The zero-order chi connectivity index (χ0) is 18.2. The fourth-order valence-electron chi connectivity index (χ4n) is 2.42. The first-order valence-electron chi connectivity index (χ1n) is 8.28. The number of ether oxygens (including phenoxy) is 1. The Kier molecular flexibility index (Phi) is 6.25. The number of hydrogen-bond acceptors (Lipinski definition) is 3. The van der Waals surface area contributed by atoms with Crippen LogP contribution in [0.5, 0.6) is 11.5 Å². The van der Waals surface area contributed by atoms with Crippen LogP contribution < -0.4 is 15.4 Å². The number of para-hydroxylation sites is 3. The van der Waals surface area contributed by atoms with Crippen LogP contribution in [0.25, 0.3) is 0 Å². The molecule has 0 fully saturated rings. The average molecular weight is 367 g/mol. The van der Waals surface area contributed by atoms with Crippen molar-refractivity contribution in [1.82, 2.24) is 5.32 Å². The van der Waals surface area contributed by atoms with E-state index in [9.17, 15) is 4.79 Å². The number of carbonyl (C=O) groups is 1. The van der Waals surface area contributed by atoms with Crippen LogP contribution in [0.15, 0.2) is 78.9 Å². The van der Waals surface area contributed by atoms with E-state index in [4.69, 9.17) is 16.3 Å². The lowest BCUT2D eigenvalue weighted by Crippen LogP contribution is -2.27. The lowest BCUT2D eigenvalue weighted by atomic mass is 10.2. The first-order chi connectivity index (χ1) is 12.7. The van der Waals surface area contributed by atoms with E-state index in [1.807, 2.05) is 78.9 Å². The number of rotatable bonds is 7. The highest BCUT2D eigenvalue weighted by atomic mass is 35.5. The summed E-state index contributed by atoms with van der Waals surface area (Å²) in [5, 5.41) is 6.65. The van der Waals surface area contributed by atoms with Gasteiger partial charge in [0.2, 0.25) is 5.91 Å². The number of amides is 1. The van der Waals surface area contributed by atoms with Gasteiger partial charge in [0.05, 0.1) is 12.2 Å². The molecule has 0 bridgehead atoms. The summed E-state index contributed by atoms with van der Waals surface area (Å²) in [6.45, 7) is 0.695. The SMILES string of the molecule is O=C(CNCc1ccccc1Cl)Nc1ccccc1Oc1ccccc1. The maximum Gasteiger partial charge on any atom is 0.238 e. The first kappa shape index (κ1) is 18.0. The van der Waals surface area contributed by atoms with Gasteiger partial charge in [-0.3, -0.25) is 4.79 Å². The third-order valence-corrected chi connectivity index (χ3v) is 4.06. The van der Waals surface area contributed by atoms with Gasteiger partial charge in [-0.1, -0.05) is 60.1 Å². The molecule has 3 aromatic carbocycles. The Bertz CT molecular complexity index is 869. The van der Waals surface area contributed by atoms with Gasteiger partial charge in [0.1, 0.15) is 5.75 Å². The summed E-state index contributed by atoms with van der Waals surface area (Å²) in [7, 11) is 0. The molecule has 0 aliphatic carbocycles. The Balaban J connectivity index is 1.57. The summed E-state index contributed by atoms with van der Waals surface area (Å²) in [6, 6.07) is 24.3. The Labute approximate surface area is 157 Å². The van der Waals surface area contributed by atoms with Gasteiger partial charge in [0, 0.05) is 11.6 Å². The molecule has 0 atom stereocenters. The largest absolute Gasteiger partial charge is 0.455 e. The van der Waals surface area contributed by atoms with Crippen molar-refractivity contribution >= 4 is 23.2 Å². The van der Waals surface area contributed by atoms with Crippen LogP contribution in [0.1, 0.15) is 5.56 Å². The number of nitrogens with one attached hydrogen (secondary N) is 2. The molecule has 0 saturated carbocycles. The average Bonchev–Trinajstić information content (AvgIpc) is 2.66. The van der Waals surface area contributed by atoms with Crippen molar-refractivity contribution in [3.8, 4) is 11.5 Å². The minimum absolute atomic E-state index is 0.152. The minimum atomic E-state index is -0.152. The second kappa shape index (κ2) is 9.04. The molecule has 3 aromatic rings. The molecule has 0 aliphatic rings. The van der Waals surface area contributed by atoms with Crippen LogP contribution in [-0.2, 0) is 11.3 Å².